The number of rotatable bonds is 3. The second-order valence-electron chi connectivity index (χ2n) is 6.32. The number of ether oxygens (including phenoxy) is 2. The highest BCUT2D eigenvalue weighted by atomic mass is 16.5. The van der Waals surface area contributed by atoms with Gasteiger partial charge in [-0.05, 0) is 17.7 Å². The lowest BCUT2D eigenvalue weighted by Crippen LogP contribution is -2.28. The number of carbonyl (C=O) groups is 1. The van der Waals surface area contributed by atoms with E-state index in [9.17, 15) is 4.79 Å². The first-order valence-electron chi connectivity index (χ1n) is 8.38. The van der Waals surface area contributed by atoms with Crippen molar-refractivity contribution >= 4 is 11.5 Å². The third kappa shape index (κ3) is 2.07. The number of benzene rings is 2. The van der Waals surface area contributed by atoms with E-state index in [4.69, 9.17) is 14.0 Å². The molecule has 0 unspecified atom stereocenters. The van der Waals surface area contributed by atoms with E-state index in [0.717, 1.165) is 16.7 Å². The van der Waals surface area contributed by atoms with Gasteiger partial charge in [0.2, 0.25) is 0 Å². The molecule has 0 saturated carbocycles. The van der Waals surface area contributed by atoms with Crippen LogP contribution in [0.4, 0.5) is 0 Å². The van der Waals surface area contributed by atoms with Gasteiger partial charge in [-0.1, -0.05) is 47.6 Å². The molecular weight excluding hydrogens is 330 g/mol. The number of hydrogen-bond acceptors (Lipinski definition) is 5. The normalized spacial score (nSPS) is 20.2. The summed E-state index contributed by atoms with van der Waals surface area (Å²) in [6.07, 6.45) is 1.12. The zero-order chi connectivity index (χ0) is 17.7. The lowest BCUT2D eigenvalue weighted by atomic mass is 9.74. The third-order valence-electron chi connectivity index (χ3n) is 4.89. The smallest absolute Gasteiger partial charge is 0.172 e. The highest BCUT2D eigenvalue weighted by molar-refractivity contribution is 6.06. The minimum Gasteiger partial charge on any atom is -0.455 e. The van der Waals surface area contributed by atoms with Gasteiger partial charge in [0.25, 0.3) is 0 Å². The second-order valence-corrected chi connectivity index (χ2v) is 6.32. The minimum atomic E-state index is -0.478. The second kappa shape index (κ2) is 5.68. The van der Waals surface area contributed by atoms with E-state index in [-0.39, 0.29) is 11.9 Å². The van der Waals surface area contributed by atoms with Crippen LogP contribution >= 0.6 is 0 Å². The number of allylic oxidation sites excluding steroid dienone is 1. The summed E-state index contributed by atoms with van der Waals surface area (Å²) in [7, 11) is 1.62. The summed E-state index contributed by atoms with van der Waals surface area (Å²) < 4.78 is 17.3. The van der Waals surface area contributed by atoms with Crippen LogP contribution in [0.1, 0.15) is 28.8 Å². The Morgan fingerprint density at radius 2 is 1.81 bits per heavy atom. The molecule has 2 aliphatic rings. The molecule has 0 amide bonds. The quantitative estimate of drug-likeness (QED) is 0.714. The molecule has 0 N–H and O–H groups in total. The van der Waals surface area contributed by atoms with Crippen molar-refractivity contribution < 1.29 is 18.8 Å². The monoisotopic (exact) mass is 345 g/mol. The molecular formula is C21H15NO4. The van der Waals surface area contributed by atoms with E-state index >= 15 is 0 Å². The van der Waals surface area contributed by atoms with Crippen LogP contribution in [-0.4, -0.2) is 18.0 Å². The molecule has 26 heavy (non-hydrogen) atoms. The van der Waals surface area contributed by atoms with Gasteiger partial charge in [0.1, 0.15) is 5.75 Å². The Morgan fingerprint density at radius 3 is 2.62 bits per heavy atom. The molecule has 0 bridgehead atoms. The van der Waals surface area contributed by atoms with Crippen molar-refractivity contribution in [3.8, 4) is 17.1 Å². The van der Waals surface area contributed by atoms with Crippen molar-refractivity contribution in [2.75, 3.05) is 7.11 Å². The standard InChI is InChI=1S/C21H15NO4/c1-24-20-13-9-5-6-10-14(13)21-18-17(20)15(23)11-16(19(18)22-26-21)25-12-7-3-2-4-8-12/h2-11,17,20H,1H3/t17-,20+/m1/s1. The van der Waals surface area contributed by atoms with Crippen LogP contribution in [-0.2, 0) is 9.53 Å². The van der Waals surface area contributed by atoms with Gasteiger partial charge in [0.15, 0.2) is 23.0 Å². The van der Waals surface area contributed by atoms with Gasteiger partial charge in [-0.2, -0.15) is 0 Å². The summed E-state index contributed by atoms with van der Waals surface area (Å²) in [5, 5.41) is 4.22. The van der Waals surface area contributed by atoms with E-state index in [0.29, 0.717) is 23.0 Å². The number of carbonyl (C=O) groups excluding carboxylic acids is 1. The van der Waals surface area contributed by atoms with Crippen LogP contribution < -0.4 is 4.74 Å². The van der Waals surface area contributed by atoms with Crippen LogP contribution in [0.2, 0.25) is 0 Å². The summed E-state index contributed by atoms with van der Waals surface area (Å²) in [6, 6.07) is 17.1. The van der Waals surface area contributed by atoms with Crippen molar-refractivity contribution in [2.24, 2.45) is 0 Å². The molecule has 1 aromatic heterocycles. The molecule has 0 saturated heterocycles. The van der Waals surface area contributed by atoms with Gasteiger partial charge in [0, 0.05) is 24.3 Å². The number of hydrogen-bond donors (Lipinski definition) is 0. The number of ketones is 1. The molecule has 2 aromatic carbocycles. The summed E-state index contributed by atoms with van der Waals surface area (Å²) in [5.74, 6) is 1.10. The molecule has 3 aromatic rings. The largest absolute Gasteiger partial charge is 0.455 e. The molecule has 128 valence electrons. The van der Waals surface area contributed by atoms with E-state index in [2.05, 4.69) is 5.16 Å². The first-order chi connectivity index (χ1) is 12.8. The van der Waals surface area contributed by atoms with Gasteiger partial charge in [-0.3, -0.25) is 4.79 Å². The third-order valence-corrected chi connectivity index (χ3v) is 4.89. The maximum atomic E-state index is 12.9. The van der Waals surface area contributed by atoms with Gasteiger partial charge < -0.3 is 14.0 Å². The predicted molar refractivity (Wildman–Crippen MR) is 94.5 cm³/mol. The Balaban J connectivity index is 1.68. The van der Waals surface area contributed by atoms with E-state index < -0.39 is 5.92 Å². The number of para-hydroxylation sites is 1. The highest BCUT2D eigenvalue weighted by Gasteiger charge is 2.45. The summed E-state index contributed by atoms with van der Waals surface area (Å²) in [6.45, 7) is 0. The molecule has 5 nitrogen and oxygen atoms in total. The number of nitrogens with zero attached hydrogens (tertiary/aromatic N) is 1. The fraction of sp³-hybridized carbons (Fsp3) is 0.143. The summed E-state index contributed by atoms with van der Waals surface area (Å²) in [5.41, 5.74) is 3.14. The topological polar surface area (TPSA) is 61.6 Å². The molecule has 5 heteroatoms. The summed E-state index contributed by atoms with van der Waals surface area (Å²) in [4.78, 5) is 12.9. The van der Waals surface area contributed by atoms with Crippen molar-refractivity contribution in [3.63, 3.8) is 0 Å². The maximum Gasteiger partial charge on any atom is 0.172 e. The number of methoxy groups -OCH3 is 1. The average Bonchev–Trinajstić information content (AvgIpc) is 3.12. The zero-order valence-electron chi connectivity index (χ0n) is 14.0. The van der Waals surface area contributed by atoms with Crippen molar-refractivity contribution in [1.29, 1.82) is 0 Å². The Morgan fingerprint density at radius 1 is 1.04 bits per heavy atom. The van der Waals surface area contributed by atoms with Crippen LogP contribution in [0.25, 0.3) is 17.1 Å². The van der Waals surface area contributed by atoms with Crippen molar-refractivity contribution in [2.45, 2.75) is 12.0 Å². The highest BCUT2D eigenvalue weighted by Crippen LogP contribution is 2.52. The van der Waals surface area contributed by atoms with E-state index in [1.807, 2.05) is 54.6 Å². The molecule has 1 heterocycles. The number of aromatic nitrogens is 1. The van der Waals surface area contributed by atoms with Gasteiger partial charge in [-0.25, -0.2) is 0 Å². The maximum absolute atomic E-state index is 12.9. The molecule has 0 spiro atoms. The van der Waals surface area contributed by atoms with Gasteiger partial charge in [0.05, 0.1) is 12.0 Å². The molecule has 5 rings (SSSR count). The summed E-state index contributed by atoms with van der Waals surface area (Å²) >= 11 is 0. The van der Waals surface area contributed by atoms with Gasteiger partial charge >= 0.3 is 0 Å². The SMILES string of the molecule is CO[C@H]1c2ccccc2-c2onc3c2[C@H]1C(=O)C=C3Oc1ccccc1. The van der Waals surface area contributed by atoms with Crippen LogP contribution in [0, 0.1) is 0 Å². The molecule has 2 atom stereocenters. The van der Waals surface area contributed by atoms with E-state index in [1.165, 1.54) is 6.08 Å². The van der Waals surface area contributed by atoms with Crippen LogP contribution in [0.15, 0.2) is 65.2 Å². The zero-order valence-corrected chi connectivity index (χ0v) is 14.0. The number of fused-ring (bicyclic) bond motifs is 2. The first-order valence-corrected chi connectivity index (χ1v) is 8.38. The average molecular weight is 345 g/mol. The van der Waals surface area contributed by atoms with Crippen molar-refractivity contribution in [1.82, 2.24) is 5.16 Å². The molecule has 0 aliphatic heterocycles. The molecule has 0 fully saturated rings. The van der Waals surface area contributed by atoms with Crippen molar-refractivity contribution in [3.05, 3.63) is 77.5 Å². The first kappa shape index (κ1) is 15.1. The fourth-order valence-corrected chi connectivity index (χ4v) is 3.78. The minimum absolute atomic E-state index is 0.0748. The Bertz CT molecular complexity index is 1040. The lowest BCUT2D eigenvalue weighted by molar-refractivity contribution is -0.119. The van der Waals surface area contributed by atoms with Crippen LogP contribution in [0.5, 0.6) is 5.75 Å². The molecule has 2 aliphatic carbocycles. The van der Waals surface area contributed by atoms with Crippen LogP contribution in [0.3, 0.4) is 0 Å². The Hall–Kier alpha value is -3.18. The Labute approximate surface area is 149 Å². The Kier molecular flexibility index (Phi) is 3.30. The van der Waals surface area contributed by atoms with E-state index in [1.54, 1.807) is 7.11 Å². The predicted octanol–water partition coefficient (Wildman–Crippen LogP) is 4.13. The fourth-order valence-electron chi connectivity index (χ4n) is 3.78. The molecule has 0 radical (unpaired) electrons. The van der Waals surface area contributed by atoms with Gasteiger partial charge in [-0.15, -0.1) is 0 Å². The lowest BCUT2D eigenvalue weighted by Gasteiger charge is -2.32.